The van der Waals surface area contributed by atoms with E-state index in [1.807, 2.05) is 59.3 Å². The van der Waals surface area contributed by atoms with Crippen LogP contribution in [0.25, 0.3) is 11.4 Å². The first-order chi connectivity index (χ1) is 12.2. The molecule has 0 fully saturated rings. The fourth-order valence-corrected chi connectivity index (χ4v) is 4.05. The number of hydrogen-bond acceptors (Lipinski definition) is 5. The highest BCUT2D eigenvalue weighted by molar-refractivity contribution is 7.99. The highest BCUT2D eigenvalue weighted by Gasteiger charge is 2.15. The molecule has 1 amide bonds. The van der Waals surface area contributed by atoms with Crippen molar-refractivity contribution in [2.45, 2.75) is 31.6 Å². The number of thiophene rings is 1. The Kier molecular flexibility index (Phi) is 5.88. The minimum absolute atomic E-state index is 0.00202. The molecule has 2 heterocycles. The molecule has 25 heavy (non-hydrogen) atoms. The Hall–Kier alpha value is -2.12. The summed E-state index contributed by atoms with van der Waals surface area (Å²) in [5, 5.41) is 14.4. The predicted octanol–water partition coefficient (Wildman–Crippen LogP) is 4.00. The van der Waals surface area contributed by atoms with Gasteiger partial charge in [-0.1, -0.05) is 48.2 Å². The number of carbonyl (C=O) groups excluding carboxylic acids is 1. The minimum atomic E-state index is -0.00202. The number of hydrogen-bond donors (Lipinski definition) is 1. The summed E-state index contributed by atoms with van der Waals surface area (Å²) in [7, 11) is 0. The largest absolute Gasteiger partial charge is 0.348 e. The summed E-state index contributed by atoms with van der Waals surface area (Å²) in [5.41, 5.74) is 1.03. The molecule has 0 saturated heterocycles. The highest BCUT2D eigenvalue weighted by Crippen LogP contribution is 2.24. The maximum atomic E-state index is 12.2. The number of nitrogens with zero attached hydrogens (tertiary/aromatic N) is 3. The van der Waals surface area contributed by atoms with Crippen molar-refractivity contribution in [2.75, 3.05) is 5.75 Å². The third kappa shape index (κ3) is 4.29. The number of thioether (sulfide) groups is 1. The number of benzene rings is 1. The van der Waals surface area contributed by atoms with Crippen LogP contribution in [0.15, 0.2) is 53.0 Å². The number of aromatic nitrogens is 3. The van der Waals surface area contributed by atoms with Crippen LogP contribution in [0.3, 0.4) is 0 Å². The Bertz CT molecular complexity index is 815. The van der Waals surface area contributed by atoms with E-state index < -0.39 is 0 Å². The fourth-order valence-electron chi connectivity index (χ4n) is 2.50. The number of nitrogens with one attached hydrogen (secondary N) is 1. The normalized spacial score (nSPS) is 12.1. The zero-order chi connectivity index (χ0) is 17.6. The predicted molar refractivity (Wildman–Crippen MR) is 103 cm³/mol. The van der Waals surface area contributed by atoms with Crippen molar-refractivity contribution in [2.24, 2.45) is 0 Å². The molecule has 3 rings (SSSR count). The molecule has 0 saturated carbocycles. The van der Waals surface area contributed by atoms with Gasteiger partial charge in [-0.3, -0.25) is 4.79 Å². The Morgan fingerprint density at radius 2 is 2.04 bits per heavy atom. The van der Waals surface area contributed by atoms with Gasteiger partial charge in [0.2, 0.25) is 5.91 Å². The van der Waals surface area contributed by atoms with Gasteiger partial charge in [-0.25, -0.2) is 0 Å². The van der Waals surface area contributed by atoms with Crippen LogP contribution in [0, 0.1) is 0 Å². The zero-order valence-corrected chi connectivity index (χ0v) is 15.8. The van der Waals surface area contributed by atoms with Crippen molar-refractivity contribution in [1.82, 2.24) is 20.1 Å². The molecule has 1 aromatic carbocycles. The lowest BCUT2D eigenvalue weighted by atomic mass is 10.2. The summed E-state index contributed by atoms with van der Waals surface area (Å²) in [4.78, 5) is 13.4. The summed E-state index contributed by atoms with van der Waals surface area (Å²) in [6.07, 6.45) is 0. The lowest BCUT2D eigenvalue weighted by Crippen LogP contribution is -2.27. The van der Waals surface area contributed by atoms with Crippen molar-refractivity contribution >= 4 is 29.0 Å². The van der Waals surface area contributed by atoms with Gasteiger partial charge in [0.15, 0.2) is 11.0 Å². The van der Waals surface area contributed by atoms with Gasteiger partial charge in [0.1, 0.15) is 0 Å². The van der Waals surface area contributed by atoms with Gasteiger partial charge in [-0.2, -0.15) is 0 Å². The van der Waals surface area contributed by atoms with Gasteiger partial charge in [-0.05, 0) is 25.3 Å². The molecule has 0 aliphatic rings. The minimum Gasteiger partial charge on any atom is -0.348 e. The number of carbonyl (C=O) groups is 1. The maximum absolute atomic E-state index is 12.2. The molecule has 0 unspecified atom stereocenters. The standard InChI is InChI=1S/C18H20N4OS2/c1-3-22-17(14-8-5-4-6-9-14)20-21-18(22)25-12-16(23)19-13(2)15-10-7-11-24-15/h4-11,13H,3,12H2,1-2H3,(H,19,23)/t13-/m1/s1. The molecule has 0 spiro atoms. The topological polar surface area (TPSA) is 59.8 Å². The smallest absolute Gasteiger partial charge is 0.230 e. The molecular weight excluding hydrogens is 352 g/mol. The second kappa shape index (κ2) is 8.31. The van der Waals surface area contributed by atoms with Crippen LogP contribution in [-0.2, 0) is 11.3 Å². The van der Waals surface area contributed by atoms with E-state index in [-0.39, 0.29) is 11.9 Å². The Balaban J connectivity index is 1.63. The van der Waals surface area contributed by atoms with E-state index in [9.17, 15) is 4.79 Å². The van der Waals surface area contributed by atoms with Crippen LogP contribution < -0.4 is 5.32 Å². The zero-order valence-electron chi connectivity index (χ0n) is 14.2. The molecule has 1 atom stereocenters. The van der Waals surface area contributed by atoms with E-state index in [0.29, 0.717) is 5.75 Å². The summed E-state index contributed by atoms with van der Waals surface area (Å²) in [6, 6.07) is 14.0. The highest BCUT2D eigenvalue weighted by atomic mass is 32.2. The first kappa shape index (κ1) is 17.7. The van der Waals surface area contributed by atoms with Crippen LogP contribution >= 0.6 is 23.1 Å². The maximum Gasteiger partial charge on any atom is 0.230 e. The van der Waals surface area contributed by atoms with Crippen molar-refractivity contribution < 1.29 is 4.79 Å². The van der Waals surface area contributed by atoms with Crippen molar-refractivity contribution in [1.29, 1.82) is 0 Å². The molecule has 3 aromatic rings. The van der Waals surface area contributed by atoms with Gasteiger partial charge in [0.05, 0.1) is 11.8 Å². The van der Waals surface area contributed by atoms with Gasteiger partial charge in [0.25, 0.3) is 0 Å². The Labute approximate surface area is 155 Å². The Morgan fingerprint density at radius 1 is 1.24 bits per heavy atom. The molecule has 0 radical (unpaired) electrons. The van der Waals surface area contributed by atoms with Crippen LogP contribution in [0.1, 0.15) is 24.8 Å². The molecule has 0 aliphatic heterocycles. The van der Waals surface area contributed by atoms with Crippen LogP contribution in [0.5, 0.6) is 0 Å². The van der Waals surface area contributed by atoms with Gasteiger partial charge < -0.3 is 9.88 Å². The van der Waals surface area contributed by atoms with E-state index in [4.69, 9.17) is 0 Å². The first-order valence-corrected chi connectivity index (χ1v) is 9.99. The molecule has 1 N–H and O–H groups in total. The third-order valence-electron chi connectivity index (χ3n) is 3.74. The molecule has 5 nitrogen and oxygen atoms in total. The third-order valence-corrected chi connectivity index (χ3v) is 5.77. The second-order valence-corrected chi connectivity index (χ2v) is 7.43. The van der Waals surface area contributed by atoms with E-state index in [1.165, 1.54) is 11.8 Å². The molecule has 2 aromatic heterocycles. The molecule has 130 valence electrons. The number of amides is 1. The lowest BCUT2D eigenvalue weighted by molar-refractivity contribution is -0.119. The van der Waals surface area contributed by atoms with Gasteiger partial charge in [0, 0.05) is 17.0 Å². The average Bonchev–Trinajstić information content (AvgIpc) is 3.30. The summed E-state index contributed by atoms with van der Waals surface area (Å²) >= 11 is 3.06. The van der Waals surface area contributed by atoms with Crippen molar-refractivity contribution in [3.8, 4) is 11.4 Å². The van der Waals surface area contributed by atoms with E-state index in [0.717, 1.165) is 28.0 Å². The summed E-state index contributed by atoms with van der Waals surface area (Å²) in [6.45, 7) is 4.81. The van der Waals surface area contributed by atoms with Crippen LogP contribution in [-0.4, -0.2) is 26.4 Å². The van der Waals surface area contributed by atoms with E-state index in [1.54, 1.807) is 11.3 Å². The average molecular weight is 373 g/mol. The molecule has 0 aliphatic carbocycles. The lowest BCUT2D eigenvalue weighted by Gasteiger charge is -2.12. The van der Waals surface area contributed by atoms with Crippen molar-refractivity contribution in [3.05, 3.63) is 52.7 Å². The molecule has 0 bridgehead atoms. The van der Waals surface area contributed by atoms with Gasteiger partial charge >= 0.3 is 0 Å². The molecular formula is C18H20N4OS2. The van der Waals surface area contributed by atoms with Crippen molar-refractivity contribution in [3.63, 3.8) is 0 Å². The fraction of sp³-hybridized carbons (Fsp3) is 0.278. The van der Waals surface area contributed by atoms with E-state index >= 15 is 0 Å². The second-order valence-electron chi connectivity index (χ2n) is 5.51. The summed E-state index contributed by atoms with van der Waals surface area (Å²) < 4.78 is 2.04. The monoisotopic (exact) mass is 372 g/mol. The Morgan fingerprint density at radius 3 is 2.72 bits per heavy atom. The quantitative estimate of drug-likeness (QED) is 0.637. The first-order valence-electron chi connectivity index (χ1n) is 8.13. The van der Waals surface area contributed by atoms with E-state index in [2.05, 4.69) is 22.4 Å². The molecule has 7 heteroatoms. The SMILES string of the molecule is CCn1c(SCC(=O)N[C@H](C)c2cccs2)nnc1-c1ccccc1. The van der Waals surface area contributed by atoms with Crippen LogP contribution in [0.4, 0.5) is 0 Å². The number of rotatable bonds is 7. The van der Waals surface area contributed by atoms with Crippen LogP contribution in [0.2, 0.25) is 0 Å². The van der Waals surface area contributed by atoms with Gasteiger partial charge in [-0.15, -0.1) is 21.5 Å². The summed E-state index contributed by atoms with van der Waals surface area (Å²) in [5.74, 6) is 1.15.